The standard InChI is InChI=1S/C16H18O4/c1-18-14-7-12(20-9-17)8-15(19-2)16(14)13-6-10-3-4-11(13)5-10/h3-4,7-11,13H,5-6H2,1-2H3. The SMILES string of the molecule is COc1cc(OC=O)cc(OC)c1C1CC2C=CC1C2. The minimum absolute atomic E-state index is 0.411. The summed E-state index contributed by atoms with van der Waals surface area (Å²) in [5.41, 5.74) is 1.09. The number of hydrogen-bond acceptors (Lipinski definition) is 4. The van der Waals surface area contributed by atoms with Gasteiger partial charge in [-0.3, -0.25) is 4.79 Å². The van der Waals surface area contributed by atoms with Gasteiger partial charge in [0, 0.05) is 17.7 Å². The Bertz CT molecular complexity index is 524. The Kier molecular flexibility index (Phi) is 3.38. The maximum absolute atomic E-state index is 10.5. The molecule has 4 nitrogen and oxygen atoms in total. The highest BCUT2D eigenvalue weighted by molar-refractivity contribution is 5.56. The summed E-state index contributed by atoms with van der Waals surface area (Å²) in [6.07, 6.45) is 6.95. The van der Waals surface area contributed by atoms with E-state index < -0.39 is 0 Å². The van der Waals surface area contributed by atoms with Crippen molar-refractivity contribution in [1.82, 2.24) is 0 Å². The van der Waals surface area contributed by atoms with Gasteiger partial charge >= 0.3 is 0 Å². The average Bonchev–Trinajstić information content (AvgIpc) is 3.09. The van der Waals surface area contributed by atoms with Gasteiger partial charge in [0.2, 0.25) is 0 Å². The summed E-state index contributed by atoms with van der Waals surface area (Å²) >= 11 is 0. The molecule has 3 atom stereocenters. The predicted molar refractivity (Wildman–Crippen MR) is 74.3 cm³/mol. The molecule has 2 aliphatic carbocycles. The minimum atomic E-state index is 0.411. The molecule has 0 aliphatic heterocycles. The largest absolute Gasteiger partial charge is 0.496 e. The average molecular weight is 274 g/mol. The second kappa shape index (κ2) is 5.19. The van der Waals surface area contributed by atoms with Gasteiger partial charge in [0.05, 0.1) is 14.2 Å². The number of allylic oxidation sites excluding steroid dienone is 2. The first-order chi connectivity index (χ1) is 9.76. The predicted octanol–water partition coefficient (Wildman–Crippen LogP) is 2.92. The zero-order chi connectivity index (χ0) is 14.1. The van der Waals surface area contributed by atoms with E-state index in [1.165, 1.54) is 6.42 Å². The number of hydrogen-bond donors (Lipinski definition) is 0. The molecule has 1 fully saturated rings. The third-order valence-corrected chi connectivity index (χ3v) is 4.35. The van der Waals surface area contributed by atoms with Crippen LogP contribution in [0.4, 0.5) is 0 Å². The highest BCUT2D eigenvalue weighted by Crippen LogP contribution is 2.53. The van der Waals surface area contributed by atoms with Gasteiger partial charge in [-0.15, -0.1) is 0 Å². The van der Waals surface area contributed by atoms with Crippen molar-refractivity contribution >= 4 is 6.47 Å². The number of rotatable bonds is 5. The lowest BCUT2D eigenvalue weighted by Crippen LogP contribution is -2.09. The zero-order valence-electron chi connectivity index (χ0n) is 11.7. The van der Waals surface area contributed by atoms with Crippen molar-refractivity contribution in [3.8, 4) is 17.2 Å². The molecule has 0 aromatic heterocycles. The molecule has 0 saturated heterocycles. The molecule has 2 aliphatic rings. The van der Waals surface area contributed by atoms with E-state index in [1.54, 1.807) is 26.4 Å². The quantitative estimate of drug-likeness (QED) is 0.611. The van der Waals surface area contributed by atoms with E-state index >= 15 is 0 Å². The van der Waals surface area contributed by atoms with Crippen LogP contribution in [0.5, 0.6) is 17.2 Å². The van der Waals surface area contributed by atoms with E-state index in [1.807, 2.05) is 0 Å². The molecule has 106 valence electrons. The van der Waals surface area contributed by atoms with Crippen molar-refractivity contribution < 1.29 is 19.0 Å². The van der Waals surface area contributed by atoms with Crippen molar-refractivity contribution in [3.05, 3.63) is 29.8 Å². The van der Waals surface area contributed by atoms with Crippen LogP contribution in [0.25, 0.3) is 0 Å². The molecule has 3 unspecified atom stereocenters. The smallest absolute Gasteiger partial charge is 0.298 e. The first kappa shape index (κ1) is 13.0. The van der Waals surface area contributed by atoms with Crippen molar-refractivity contribution in [2.45, 2.75) is 18.8 Å². The summed E-state index contributed by atoms with van der Waals surface area (Å²) in [6.45, 7) is 0.411. The van der Waals surface area contributed by atoms with Gasteiger partial charge in [-0.05, 0) is 30.6 Å². The van der Waals surface area contributed by atoms with E-state index in [-0.39, 0.29) is 0 Å². The topological polar surface area (TPSA) is 44.8 Å². The third kappa shape index (κ3) is 2.05. The van der Waals surface area contributed by atoms with Crippen LogP contribution in [0.15, 0.2) is 24.3 Å². The molecule has 20 heavy (non-hydrogen) atoms. The van der Waals surface area contributed by atoms with E-state index in [4.69, 9.17) is 14.2 Å². The summed E-state index contributed by atoms with van der Waals surface area (Å²) in [6, 6.07) is 3.50. The number of ether oxygens (including phenoxy) is 3. The highest BCUT2D eigenvalue weighted by Gasteiger charge is 2.39. The molecule has 1 aromatic rings. The molecule has 2 bridgehead atoms. The Labute approximate surface area is 118 Å². The fourth-order valence-electron chi connectivity index (χ4n) is 3.52. The number of fused-ring (bicyclic) bond motifs is 2. The van der Waals surface area contributed by atoms with Crippen LogP contribution in [-0.4, -0.2) is 20.7 Å². The van der Waals surface area contributed by atoms with Crippen LogP contribution in [0.2, 0.25) is 0 Å². The summed E-state index contributed by atoms with van der Waals surface area (Å²) in [5, 5.41) is 0. The molecule has 3 rings (SSSR count). The summed E-state index contributed by atoms with van der Waals surface area (Å²) in [7, 11) is 3.26. The molecule has 1 aromatic carbocycles. The van der Waals surface area contributed by atoms with E-state index in [0.717, 1.165) is 23.5 Å². The van der Waals surface area contributed by atoms with Gasteiger partial charge < -0.3 is 14.2 Å². The Morgan fingerprint density at radius 1 is 1.10 bits per heavy atom. The second-order valence-corrected chi connectivity index (χ2v) is 5.34. The van der Waals surface area contributed by atoms with Crippen molar-refractivity contribution in [2.75, 3.05) is 14.2 Å². The van der Waals surface area contributed by atoms with Crippen molar-refractivity contribution in [2.24, 2.45) is 11.8 Å². The zero-order valence-corrected chi connectivity index (χ0v) is 11.7. The molecule has 0 radical (unpaired) electrons. The van der Waals surface area contributed by atoms with Crippen molar-refractivity contribution in [3.63, 3.8) is 0 Å². The summed E-state index contributed by atoms with van der Waals surface area (Å²) < 4.78 is 15.9. The van der Waals surface area contributed by atoms with Gasteiger partial charge in [0.25, 0.3) is 6.47 Å². The fourth-order valence-corrected chi connectivity index (χ4v) is 3.52. The lowest BCUT2D eigenvalue weighted by atomic mass is 9.85. The lowest BCUT2D eigenvalue weighted by molar-refractivity contribution is -0.120. The van der Waals surface area contributed by atoms with Crippen LogP contribution < -0.4 is 14.2 Å². The van der Waals surface area contributed by atoms with E-state index in [0.29, 0.717) is 30.0 Å². The van der Waals surface area contributed by atoms with Gasteiger partial charge in [-0.2, -0.15) is 0 Å². The first-order valence-corrected chi connectivity index (χ1v) is 6.81. The number of carbonyl (C=O) groups excluding carboxylic acids is 1. The molecule has 0 N–H and O–H groups in total. The number of methoxy groups -OCH3 is 2. The van der Waals surface area contributed by atoms with Crippen LogP contribution in [0, 0.1) is 11.8 Å². The maximum atomic E-state index is 10.5. The maximum Gasteiger partial charge on any atom is 0.298 e. The molecule has 0 amide bonds. The number of carbonyl (C=O) groups is 1. The molecule has 1 saturated carbocycles. The first-order valence-electron chi connectivity index (χ1n) is 6.81. The Morgan fingerprint density at radius 3 is 2.25 bits per heavy atom. The summed E-state index contributed by atoms with van der Waals surface area (Å²) in [5.74, 6) is 3.54. The summed E-state index contributed by atoms with van der Waals surface area (Å²) in [4.78, 5) is 10.5. The van der Waals surface area contributed by atoms with Crippen LogP contribution >= 0.6 is 0 Å². The Morgan fingerprint density at radius 2 is 1.80 bits per heavy atom. The second-order valence-electron chi connectivity index (χ2n) is 5.34. The van der Waals surface area contributed by atoms with Gasteiger partial charge in [0.1, 0.15) is 17.2 Å². The fraction of sp³-hybridized carbons (Fsp3) is 0.438. The highest BCUT2D eigenvalue weighted by atomic mass is 16.5. The van der Waals surface area contributed by atoms with E-state index in [9.17, 15) is 4.79 Å². The van der Waals surface area contributed by atoms with Gasteiger partial charge in [0.15, 0.2) is 0 Å². The van der Waals surface area contributed by atoms with Gasteiger partial charge in [-0.25, -0.2) is 0 Å². The molecule has 0 heterocycles. The normalized spacial score (nSPS) is 26.6. The molecular formula is C16H18O4. The molecule has 0 spiro atoms. The van der Waals surface area contributed by atoms with Crippen molar-refractivity contribution in [1.29, 1.82) is 0 Å². The minimum Gasteiger partial charge on any atom is -0.496 e. The lowest BCUT2D eigenvalue weighted by Gasteiger charge is -2.23. The van der Waals surface area contributed by atoms with Crippen LogP contribution in [0.3, 0.4) is 0 Å². The number of benzene rings is 1. The Hall–Kier alpha value is -1.97. The van der Waals surface area contributed by atoms with Gasteiger partial charge in [-0.1, -0.05) is 12.2 Å². The molecule has 4 heteroatoms. The Balaban J connectivity index is 2.04. The molecular weight excluding hydrogens is 256 g/mol. The third-order valence-electron chi connectivity index (χ3n) is 4.35. The monoisotopic (exact) mass is 274 g/mol. The van der Waals surface area contributed by atoms with Crippen LogP contribution in [0.1, 0.15) is 24.3 Å². The van der Waals surface area contributed by atoms with E-state index in [2.05, 4.69) is 12.2 Å². The van der Waals surface area contributed by atoms with Crippen LogP contribution in [-0.2, 0) is 4.79 Å².